The Kier molecular flexibility index (Phi) is 6.79. The summed E-state index contributed by atoms with van der Waals surface area (Å²) in [5.74, 6) is 1.62. The summed E-state index contributed by atoms with van der Waals surface area (Å²) in [4.78, 5) is 27.6. The van der Waals surface area contributed by atoms with E-state index >= 15 is 0 Å². The van der Waals surface area contributed by atoms with Crippen molar-refractivity contribution >= 4 is 27.9 Å². The van der Waals surface area contributed by atoms with Gasteiger partial charge in [0.2, 0.25) is 5.91 Å². The molecule has 1 aromatic rings. The van der Waals surface area contributed by atoms with E-state index in [1.54, 1.807) is 4.90 Å². The van der Waals surface area contributed by atoms with Crippen molar-refractivity contribution in [2.45, 2.75) is 45.4 Å². The van der Waals surface area contributed by atoms with Gasteiger partial charge in [0.15, 0.2) is 0 Å². The average molecular weight is 436 g/mol. The number of likely N-dealkylation sites (tertiary alicyclic amines) is 2. The van der Waals surface area contributed by atoms with Gasteiger partial charge in [0.25, 0.3) is 0 Å². The number of urea groups is 1. The number of carbonyl (C=O) groups excluding carboxylic acids is 2. The maximum Gasteiger partial charge on any atom is 0.314 e. The van der Waals surface area contributed by atoms with E-state index in [-0.39, 0.29) is 11.9 Å². The summed E-state index contributed by atoms with van der Waals surface area (Å²) < 4.78 is 1.11. The number of nitrogens with two attached hydrogens (primary N) is 1. The van der Waals surface area contributed by atoms with E-state index < -0.39 is 0 Å². The van der Waals surface area contributed by atoms with Crippen LogP contribution in [-0.4, -0.2) is 47.9 Å². The zero-order valence-electron chi connectivity index (χ0n) is 16.1. The van der Waals surface area contributed by atoms with Crippen LogP contribution in [0, 0.1) is 18.8 Å². The van der Waals surface area contributed by atoms with Gasteiger partial charge in [0.1, 0.15) is 0 Å². The molecule has 0 atom stereocenters. The third-order valence-corrected chi connectivity index (χ3v) is 7.15. The monoisotopic (exact) mass is 435 g/mol. The minimum Gasteiger partial charge on any atom is -0.351 e. The number of carbonyl (C=O) groups is 2. The Bertz CT molecular complexity index is 678. The van der Waals surface area contributed by atoms with Crippen LogP contribution in [0.15, 0.2) is 22.7 Å². The number of rotatable bonds is 4. The van der Waals surface area contributed by atoms with E-state index in [1.165, 1.54) is 11.1 Å². The lowest BCUT2D eigenvalue weighted by atomic mass is 9.79. The van der Waals surface area contributed by atoms with Crippen molar-refractivity contribution < 1.29 is 9.59 Å². The number of hydrogen-bond acceptors (Lipinski definition) is 2. The highest BCUT2D eigenvalue weighted by atomic mass is 79.9. The van der Waals surface area contributed by atoms with Gasteiger partial charge in [-0.2, -0.15) is 0 Å². The van der Waals surface area contributed by atoms with Crippen LogP contribution in [0.4, 0.5) is 4.79 Å². The Hall–Kier alpha value is -1.56. The van der Waals surface area contributed by atoms with E-state index in [0.717, 1.165) is 62.8 Å². The molecule has 2 aliphatic heterocycles. The first kappa shape index (κ1) is 20.2. The molecule has 3 rings (SSSR count). The molecule has 0 bridgehead atoms. The van der Waals surface area contributed by atoms with Gasteiger partial charge in [-0.05, 0) is 68.1 Å². The maximum atomic E-state index is 12.6. The Morgan fingerprint density at radius 2 is 1.59 bits per heavy atom. The van der Waals surface area contributed by atoms with E-state index in [4.69, 9.17) is 5.73 Å². The molecule has 0 radical (unpaired) electrons. The summed E-state index contributed by atoms with van der Waals surface area (Å²) in [5, 5.41) is 0. The molecule has 0 aliphatic carbocycles. The van der Waals surface area contributed by atoms with Crippen molar-refractivity contribution in [1.29, 1.82) is 0 Å². The third-order valence-electron chi connectivity index (χ3n) is 6.26. The number of nitrogens with zero attached hydrogens (tertiary/aromatic N) is 2. The van der Waals surface area contributed by atoms with Crippen molar-refractivity contribution in [3.63, 3.8) is 0 Å². The fourth-order valence-corrected chi connectivity index (χ4v) is 4.73. The molecule has 0 aromatic heterocycles. The number of amides is 3. The number of hydrogen-bond donors (Lipinski definition) is 1. The molecule has 2 heterocycles. The Morgan fingerprint density at radius 1 is 1.04 bits per heavy atom. The molecule has 0 saturated carbocycles. The van der Waals surface area contributed by atoms with Crippen LogP contribution in [0.3, 0.4) is 0 Å². The fraction of sp³-hybridized carbons (Fsp3) is 0.619. The normalized spacial score (nSPS) is 19.3. The van der Waals surface area contributed by atoms with Gasteiger partial charge < -0.3 is 15.5 Å². The molecule has 148 valence electrons. The van der Waals surface area contributed by atoms with Crippen molar-refractivity contribution in [1.82, 2.24) is 9.80 Å². The molecule has 2 aliphatic rings. The Morgan fingerprint density at radius 3 is 2.11 bits per heavy atom. The van der Waals surface area contributed by atoms with Crippen LogP contribution in [0.25, 0.3) is 0 Å². The van der Waals surface area contributed by atoms with E-state index in [1.807, 2.05) is 4.90 Å². The van der Waals surface area contributed by atoms with Crippen molar-refractivity contribution in [2.75, 3.05) is 26.2 Å². The quantitative estimate of drug-likeness (QED) is 0.782. The van der Waals surface area contributed by atoms with Gasteiger partial charge in [-0.3, -0.25) is 4.79 Å². The van der Waals surface area contributed by atoms with Gasteiger partial charge in [-0.15, -0.1) is 0 Å². The molecule has 1 aromatic carbocycles. The maximum absolute atomic E-state index is 12.6. The SMILES string of the molecule is Cc1cc(CCC(=O)N2CCC(C3CCN(C(N)=O)CC3)CC2)ccc1Br. The largest absolute Gasteiger partial charge is 0.351 e. The molecular weight excluding hydrogens is 406 g/mol. The first-order chi connectivity index (χ1) is 12.9. The summed E-state index contributed by atoms with van der Waals surface area (Å²) in [5.41, 5.74) is 7.80. The lowest BCUT2D eigenvalue weighted by Gasteiger charge is -2.39. The van der Waals surface area contributed by atoms with Crippen LogP contribution in [0.5, 0.6) is 0 Å². The standard InChI is InChI=1S/C21H30BrN3O2/c1-15-14-16(2-4-19(15)22)3-5-20(26)24-10-6-17(7-11-24)18-8-12-25(13-9-18)21(23)27/h2,4,14,17-18H,3,5-13H2,1H3,(H2,23,27). The summed E-state index contributed by atoms with van der Waals surface area (Å²) in [6.45, 7) is 5.39. The van der Waals surface area contributed by atoms with E-state index in [2.05, 4.69) is 41.1 Å². The lowest BCUT2D eigenvalue weighted by molar-refractivity contribution is -0.132. The third kappa shape index (κ3) is 5.24. The zero-order chi connectivity index (χ0) is 19.4. The molecule has 2 fully saturated rings. The minimum atomic E-state index is -0.296. The van der Waals surface area contributed by atoms with E-state index in [0.29, 0.717) is 18.3 Å². The molecule has 2 N–H and O–H groups in total. The van der Waals surface area contributed by atoms with Crippen molar-refractivity contribution in [3.05, 3.63) is 33.8 Å². The van der Waals surface area contributed by atoms with Gasteiger partial charge in [0, 0.05) is 37.1 Å². The molecule has 0 unspecified atom stereocenters. The molecule has 0 spiro atoms. The summed E-state index contributed by atoms with van der Waals surface area (Å²) in [7, 11) is 0. The van der Waals surface area contributed by atoms with Gasteiger partial charge >= 0.3 is 6.03 Å². The second kappa shape index (κ2) is 9.09. The molecule has 27 heavy (non-hydrogen) atoms. The predicted octanol–water partition coefficient (Wildman–Crippen LogP) is 3.72. The summed E-state index contributed by atoms with van der Waals surface area (Å²) in [6.07, 6.45) is 5.66. The molecule has 3 amide bonds. The first-order valence-electron chi connectivity index (χ1n) is 10.0. The summed E-state index contributed by atoms with van der Waals surface area (Å²) >= 11 is 3.52. The van der Waals surface area contributed by atoms with Crippen LogP contribution in [-0.2, 0) is 11.2 Å². The first-order valence-corrected chi connectivity index (χ1v) is 10.8. The number of benzene rings is 1. The topological polar surface area (TPSA) is 66.6 Å². The highest BCUT2D eigenvalue weighted by Crippen LogP contribution is 2.32. The molecule has 6 heteroatoms. The lowest BCUT2D eigenvalue weighted by Crippen LogP contribution is -2.45. The van der Waals surface area contributed by atoms with Crippen LogP contribution in [0.2, 0.25) is 0 Å². The molecule has 5 nitrogen and oxygen atoms in total. The van der Waals surface area contributed by atoms with Crippen LogP contribution < -0.4 is 5.73 Å². The smallest absolute Gasteiger partial charge is 0.314 e. The minimum absolute atomic E-state index is 0.276. The molecule has 2 saturated heterocycles. The second-order valence-electron chi connectivity index (χ2n) is 7.96. The second-order valence-corrected chi connectivity index (χ2v) is 8.82. The summed E-state index contributed by atoms with van der Waals surface area (Å²) in [6, 6.07) is 6.01. The number of aryl methyl sites for hydroxylation is 2. The van der Waals surface area contributed by atoms with Crippen molar-refractivity contribution in [3.8, 4) is 0 Å². The van der Waals surface area contributed by atoms with Gasteiger partial charge in [-0.1, -0.05) is 28.1 Å². The number of halogens is 1. The Labute approximate surface area is 170 Å². The van der Waals surface area contributed by atoms with Crippen LogP contribution >= 0.6 is 15.9 Å². The van der Waals surface area contributed by atoms with Gasteiger partial charge in [0.05, 0.1) is 0 Å². The predicted molar refractivity (Wildman–Crippen MR) is 110 cm³/mol. The number of piperidine rings is 2. The number of primary amides is 1. The highest BCUT2D eigenvalue weighted by molar-refractivity contribution is 9.10. The Balaban J connectivity index is 1.41. The fourth-order valence-electron chi connectivity index (χ4n) is 4.48. The van der Waals surface area contributed by atoms with Crippen LogP contribution in [0.1, 0.15) is 43.2 Å². The van der Waals surface area contributed by atoms with E-state index in [9.17, 15) is 9.59 Å². The highest BCUT2D eigenvalue weighted by Gasteiger charge is 2.31. The molecular formula is C21H30BrN3O2. The zero-order valence-corrected chi connectivity index (χ0v) is 17.7. The van der Waals surface area contributed by atoms with Crippen molar-refractivity contribution in [2.24, 2.45) is 17.6 Å². The average Bonchev–Trinajstić information content (AvgIpc) is 2.69. The van der Waals surface area contributed by atoms with Gasteiger partial charge in [-0.25, -0.2) is 4.79 Å².